The second-order valence-electron chi connectivity index (χ2n) is 8.41. The second-order valence-corrected chi connectivity index (χ2v) is 8.41. The zero-order valence-electron chi connectivity index (χ0n) is 18.5. The quantitative estimate of drug-likeness (QED) is 0.431. The number of unbranched alkanes of at least 4 members (excludes halogenated alkanes) is 1. The van der Waals surface area contributed by atoms with Crippen LogP contribution < -0.4 is 15.2 Å². The van der Waals surface area contributed by atoms with E-state index in [4.69, 9.17) is 4.74 Å². The number of halogens is 1. The van der Waals surface area contributed by atoms with Crippen LogP contribution in [0.25, 0.3) is 21.8 Å². The summed E-state index contributed by atoms with van der Waals surface area (Å²) in [6.45, 7) is 5.48. The summed E-state index contributed by atoms with van der Waals surface area (Å²) in [6, 6.07) is 18.2. The molecule has 6 nitrogen and oxygen atoms in total. The highest BCUT2D eigenvalue weighted by molar-refractivity contribution is 5.94. The SMILES string of the molecule is O=c1ccc2ccc(OCCCCN3CCN(c4cccc5c(F)cccc45)CC3)nc2[nH]1. The predicted octanol–water partition coefficient (Wildman–Crippen LogP) is 4.20. The van der Waals surface area contributed by atoms with E-state index >= 15 is 0 Å². The number of fused-ring (bicyclic) bond motifs is 2. The first-order valence-corrected chi connectivity index (χ1v) is 11.4. The largest absolute Gasteiger partial charge is 0.478 e. The summed E-state index contributed by atoms with van der Waals surface area (Å²) >= 11 is 0. The van der Waals surface area contributed by atoms with Gasteiger partial charge in [-0.05, 0) is 43.7 Å². The molecular formula is C26H27FN4O2. The lowest BCUT2D eigenvalue weighted by Gasteiger charge is -2.36. The van der Waals surface area contributed by atoms with Gasteiger partial charge >= 0.3 is 0 Å². The zero-order chi connectivity index (χ0) is 22.6. The molecule has 5 rings (SSSR count). The number of aromatic nitrogens is 2. The normalized spacial score (nSPS) is 14.8. The van der Waals surface area contributed by atoms with Crippen molar-refractivity contribution in [1.29, 1.82) is 0 Å². The Labute approximate surface area is 191 Å². The molecule has 0 spiro atoms. The summed E-state index contributed by atoms with van der Waals surface area (Å²) in [5.74, 6) is 0.367. The van der Waals surface area contributed by atoms with Gasteiger partial charge in [0, 0.05) is 60.2 Å². The molecule has 2 aromatic heterocycles. The van der Waals surface area contributed by atoms with Crippen LogP contribution in [0.4, 0.5) is 10.1 Å². The molecule has 2 aromatic carbocycles. The average Bonchev–Trinajstić information content (AvgIpc) is 2.84. The molecule has 0 bridgehead atoms. The van der Waals surface area contributed by atoms with Crippen LogP contribution >= 0.6 is 0 Å². The number of ether oxygens (including phenoxy) is 1. The number of benzene rings is 2. The van der Waals surface area contributed by atoms with Crippen LogP contribution in [0.2, 0.25) is 0 Å². The van der Waals surface area contributed by atoms with Gasteiger partial charge in [-0.3, -0.25) is 9.69 Å². The van der Waals surface area contributed by atoms with Gasteiger partial charge in [0.2, 0.25) is 11.4 Å². The molecule has 0 unspecified atom stereocenters. The maximum absolute atomic E-state index is 14.1. The summed E-state index contributed by atoms with van der Waals surface area (Å²) in [5.41, 5.74) is 1.50. The maximum Gasteiger partial charge on any atom is 0.249 e. The highest BCUT2D eigenvalue weighted by Gasteiger charge is 2.18. The van der Waals surface area contributed by atoms with Crippen molar-refractivity contribution in [2.75, 3.05) is 44.2 Å². The Balaban J connectivity index is 1.08. The van der Waals surface area contributed by atoms with Crippen molar-refractivity contribution in [3.8, 4) is 5.88 Å². The lowest BCUT2D eigenvalue weighted by molar-refractivity contribution is 0.237. The third kappa shape index (κ3) is 4.83. The molecule has 1 aliphatic heterocycles. The van der Waals surface area contributed by atoms with Crippen LogP contribution in [-0.4, -0.2) is 54.2 Å². The molecule has 0 atom stereocenters. The van der Waals surface area contributed by atoms with Crippen molar-refractivity contribution in [3.05, 3.63) is 76.8 Å². The first kappa shape index (κ1) is 21.4. The van der Waals surface area contributed by atoms with E-state index in [9.17, 15) is 9.18 Å². The van der Waals surface area contributed by atoms with E-state index in [2.05, 4.69) is 25.8 Å². The van der Waals surface area contributed by atoms with Gasteiger partial charge in [0.1, 0.15) is 11.5 Å². The number of aromatic amines is 1. The van der Waals surface area contributed by atoms with Crippen molar-refractivity contribution in [2.45, 2.75) is 12.8 Å². The Morgan fingerprint density at radius 1 is 0.909 bits per heavy atom. The van der Waals surface area contributed by atoms with Crippen LogP contribution in [-0.2, 0) is 0 Å². The first-order chi connectivity index (χ1) is 16.2. The molecule has 1 aliphatic rings. The molecule has 0 saturated carbocycles. The van der Waals surface area contributed by atoms with Gasteiger partial charge in [-0.25, -0.2) is 4.39 Å². The first-order valence-electron chi connectivity index (χ1n) is 11.4. The highest BCUT2D eigenvalue weighted by atomic mass is 19.1. The summed E-state index contributed by atoms with van der Waals surface area (Å²) < 4.78 is 19.9. The fourth-order valence-electron chi connectivity index (χ4n) is 4.45. The van der Waals surface area contributed by atoms with E-state index in [1.54, 1.807) is 12.1 Å². The Kier molecular flexibility index (Phi) is 6.21. The topological polar surface area (TPSA) is 61.5 Å². The van der Waals surface area contributed by atoms with Crippen molar-refractivity contribution in [2.24, 2.45) is 0 Å². The van der Waals surface area contributed by atoms with Crippen molar-refractivity contribution < 1.29 is 9.13 Å². The van der Waals surface area contributed by atoms with Gasteiger partial charge in [-0.15, -0.1) is 0 Å². The maximum atomic E-state index is 14.1. The van der Waals surface area contributed by atoms with Gasteiger partial charge in [0.05, 0.1) is 6.61 Å². The summed E-state index contributed by atoms with van der Waals surface area (Å²) in [4.78, 5) is 23.4. The van der Waals surface area contributed by atoms with E-state index in [1.807, 2.05) is 30.3 Å². The molecule has 7 heteroatoms. The van der Waals surface area contributed by atoms with Gasteiger partial charge in [-0.1, -0.05) is 24.3 Å². The Hall–Kier alpha value is -3.45. The lowest BCUT2D eigenvalue weighted by Crippen LogP contribution is -2.46. The fraction of sp³-hybridized carbons (Fsp3) is 0.308. The molecule has 0 aliphatic carbocycles. The molecule has 0 amide bonds. The Morgan fingerprint density at radius 3 is 2.58 bits per heavy atom. The third-order valence-electron chi connectivity index (χ3n) is 6.23. The van der Waals surface area contributed by atoms with Crippen molar-refractivity contribution in [3.63, 3.8) is 0 Å². The monoisotopic (exact) mass is 446 g/mol. The van der Waals surface area contributed by atoms with Crippen LogP contribution in [0.3, 0.4) is 0 Å². The van der Waals surface area contributed by atoms with E-state index in [0.29, 0.717) is 23.5 Å². The second kappa shape index (κ2) is 9.58. The molecule has 0 radical (unpaired) electrons. The lowest BCUT2D eigenvalue weighted by atomic mass is 10.1. The molecule has 3 heterocycles. The standard InChI is InChI=1S/C26H27FN4O2/c27-22-7-3-6-21-20(22)5-4-8-23(21)31-16-14-30(15-17-31)13-1-2-18-33-25-12-10-19-9-11-24(32)28-26(19)29-25/h3-12H,1-2,13-18H2,(H,28,29,32). The van der Waals surface area contributed by atoms with E-state index in [1.165, 1.54) is 12.1 Å². The predicted molar refractivity (Wildman–Crippen MR) is 130 cm³/mol. The number of pyridine rings is 2. The minimum absolute atomic E-state index is 0.164. The summed E-state index contributed by atoms with van der Waals surface area (Å²) in [5, 5.41) is 2.55. The van der Waals surface area contributed by atoms with Gasteiger partial charge in [0.25, 0.3) is 0 Å². The fourth-order valence-corrected chi connectivity index (χ4v) is 4.45. The Morgan fingerprint density at radius 2 is 1.70 bits per heavy atom. The minimum atomic E-state index is -0.167. The van der Waals surface area contributed by atoms with Gasteiger partial charge in [-0.2, -0.15) is 4.98 Å². The molecule has 1 N–H and O–H groups in total. The molecular weight excluding hydrogens is 419 g/mol. The summed E-state index contributed by atoms with van der Waals surface area (Å²) in [6.07, 6.45) is 1.98. The van der Waals surface area contributed by atoms with Gasteiger partial charge < -0.3 is 14.6 Å². The molecule has 1 saturated heterocycles. The van der Waals surface area contributed by atoms with Crippen LogP contribution in [0, 0.1) is 5.82 Å². The number of hydrogen-bond acceptors (Lipinski definition) is 5. The van der Waals surface area contributed by atoms with Crippen LogP contribution in [0.15, 0.2) is 65.5 Å². The van der Waals surface area contributed by atoms with Gasteiger partial charge in [0.15, 0.2) is 0 Å². The number of piperazine rings is 1. The number of H-pyrrole nitrogens is 1. The number of nitrogens with one attached hydrogen (secondary N) is 1. The van der Waals surface area contributed by atoms with E-state index < -0.39 is 0 Å². The van der Waals surface area contributed by atoms with E-state index in [0.717, 1.165) is 62.0 Å². The molecule has 33 heavy (non-hydrogen) atoms. The smallest absolute Gasteiger partial charge is 0.249 e. The highest BCUT2D eigenvalue weighted by Crippen LogP contribution is 2.29. The van der Waals surface area contributed by atoms with Crippen molar-refractivity contribution >= 4 is 27.5 Å². The number of rotatable bonds is 7. The third-order valence-corrected chi connectivity index (χ3v) is 6.23. The molecule has 170 valence electrons. The van der Waals surface area contributed by atoms with E-state index in [-0.39, 0.29) is 11.4 Å². The number of anilines is 1. The van der Waals surface area contributed by atoms with Crippen LogP contribution in [0.1, 0.15) is 12.8 Å². The molecule has 4 aromatic rings. The van der Waals surface area contributed by atoms with Crippen LogP contribution in [0.5, 0.6) is 5.88 Å². The summed E-state index contributed by atoms with van der Waals surface area (Å²) in [7, 11) is 0. The number of hydrogen-bond donors (Lipinski definition) is 1. The number of nitrogens with zero attached hydrogens (tertiary/aromatic N) is 3. The van der Waals surface area contributed by atoms with Crippen molar-refractivity contribution in [1.82, 2.24) is 14.9 Å². The minimum Gasteiger partial charge on any atom is -0.478 e. The average molecular weight is 447 g/mol. The zero-order valence-corrected chi connectivity index (χ0v) is 18.5. The Bertz CT molecular complexity index is 1310. The molecule has 1 fully saturated rings.